The number of hydrogen-bond acceptors (Lipinski definition) is 5. The summed E-state index contributed by atoms with van der Waals surface area (Å²) in [4.78, 5) is 11.4. The minimum atomic E-state index is -3.88. The molecule has 2 aromatic rings. The summed E-state index contributed by atoms with van der Waals surface area (Å²) >= 11 is 0. The molecule has 0 amide bonds. The Morgan fingerprint density at radius 3 is 2.00 bits per heavy atom. The van der Waals surface area contributed by atoms with Gasteiger partial charge in [-0.2, -0.15) is 8.42 Å². The molecule has 0 aliphatic carbocycles. The Bertz CT molecular complexity index is 818. The Morgan fingerprint density at radius 2 is 1.52 bits per heavy atom. The van der Waals surface area contributed by atoms with E-state index in [-0.39, 0.29) is 22.0 Å². The van der Waals surface area contributed by atoms with Crippen LogP contribution in [0.15, 0.2) is 59.5 Å². The molecule has 0 N–H and O–H groups in total. The van der Waals surface area contributed by atoms with E-state index in [0.29, 0.717) is 0 Å². The van der Waals surface area contributed by atoms with Crippen LogP contribution in [-0.2, 0) is 19.6 Å². The lowest BCUT2D eigenvalue weighted by molar-refractivity contribution is -0.152. The molecule has 0 saturated carbocycles. The van der Waals surface area contributed by atoms with Gasteiger partial charge in [0.2, 0.25) is 0 Å². The van der Waals surface area contributed by atoms with Crippen LogP contribution in [-0.4, -0.2) is 14.4 Å². The van der Waals surface area contributed by atoms with Gasteiger partial charge in [-0.05, 0) is 29.8 Å². The first-order valence-electron chi connectivity index (χ1n) is 7.86. The third kappa shape index (κ3) is 5.06. The van der Waals surface area contributed by atoms with Crippen LogP contribution in [0.1, 0.15) is 39.4 Å². The second kappa shape index (κ2) is 7.27. The lowest BCUT2D eigenvalue weighted by Crippen LogP contribution is -2.23. The van der Waals surface area contributed by atoms with Gasteiger partial charge in [-0.1, -0.05) is 51.1 Å². The van der Waals surface area contributed by atoms with E-state index in [1.54, 1.807) is 42.5 Å². The summed E-state index contributed by atoms with van der Waals surface area (Å²) in [6.07, 6.45) is -0.440. The third-order valence-corrected chi connectivity index (χ3v) is 4.75. The Labute approximate surface area is 148 Å². The molecule has 0 aliphatic heterocycles. The number of benzene rings is 2. The Hall–Kier alpha value is -2.34. The quantitative estimate of drug-likeness (QED) is 0.591. The first kappa shape index (κ1) is 19.0. The molecule has 0 spiro atoms. The number of ether oxygens (including phenoxy) is 1. The van der Waals surface area contributed by atoms with E-state index < -0.39 is 16.2 Å². The summed E-state index contributed by atoms with van der Waals surface area (Å²) in [7, 11) is -3.88. The lowest BCUT2D eigenvalue weighted by atomic mass is 9.84. The molecule has 1 atom stereocenters. The van der Waals surface area contributed by atoms with Crippen LogP contribution >= 0.6 is 0 Å². The number of carbonyl (C=O) groups is 1. The summed E-state index contributed by atoms with van der Waals surface area (Å²) < 4.78 is 35.0. The van der Waals surface area contributed by atoms with Crippen LogP contribution in [0.4, 0.5) is 0 Å². The third-order valence-electron chi connectivity index (χ3n) is 3.49. The summed E-state index contributed by atoms with van der Waals surface area (Å²) in [5.41, 5.74) is 0.469. The van der Waals surface area contributed by atoms with Crippen molar-refractivity contribution in [2.75, 3.05) is 0 Å². The van der Waals surface area contributed by atoms with Crippen LogP contribution in [0.3, 0.4) is 0 Å². The molecule has 0 bridgehead atoms. The molecule has 0 aliphatic rings. The van der Waals surface area contributed by atoms with Gasteiger partial charge in [0.25, 0.3) is 0 Å². The predicted molar refractivity (Wildman–Crippen MR) is 94.7 cm³/mol. The summed E-state index contributed by atoms with van der Waals surface area (Å²) in [6.45, 7) is 7.25. The van der Waals surface area contributed by atoms with Crippen LogP contribution in [0.2, 0.25) is 0 Å². The Morgan fingerprint density at radius 1 is 0.960 bits per heavy atom. The zero-order chi connectivity index (χ0) is 18.7. The fourth-order valence-corrected chi connectivity index (χ4v) is 3.32. The highest BCUT2D eigenvalue weighted by Gasteiger charge is 2.29. The zero-order valence-electron chi connectivity index (χ0n) is 14.7. The van der Waals surface area contributed by atoms with Gasteiger partial charge in [-0.15, -0.1) is 0 Å². The first-order valence-corrected chi connectivity index (χ1v) is 9.27. The van der Waals surface area contributed by atoms with Gasteiger partial charge in [0.15, 0.2) is 0 Å². The largest absolute Gasteiger partial charge is 0.457 e. The molecule has 25 heavy (non-hydrogen) atoms. The van der Waals surface area contributed by atoms with Crippen molar-refractivity contribution in [1.29, 1.82) is 0 Å². The molecule has 1 unspecified atom stereocenters. The summed E-state index contributed by atoms with van der Waals surface area (Å²) in [6, 6.07) is 14.5. The van der Waals surface area contributed by atoms with Gasteiger partial charge in [0, 0.05) is 12.3 Å². The minimum absolute atomic E-state index is 0.0894. The molecule has 0 saturated heterocycles. The lowest BCUT2D eigenvalue weighted by Gasteiger charge is -2.30. The normalized spacial score (nSPS) is 13.1. The molecule has 0 fully saturated rings. The SMILES string of the molecule is CC(=O)OC(c1ccc(OS(=O)(=O)c2ccccc2)cc1)C(C)(C)C. The van der Waals surface area contributed by atoms with Gasteiger partial charge in [-0.3, -0.25) is 4.79 Å². The highest BCUT2D eigenvalue weighted by molar-refractivity contribution is 7.87. The van der Waals surface area contributed by atoms with Gasteiger partial charge in [-0.25, -0.2) is 0 Å². The van der Waals surface area contributed by atoms with E-state index in [0.717, 1.165) is 5.56 Å². The molecular formula is C19H22O5S. The average molecular weight is 362 g/mol. The van der Waals surface area contributed by atoms with Crippen molar-refractivity contribution in [2.45, 2.75) is 38.7 Å². The zero-order valence-corrected chi connectivity index (χ0v) is 15.5. The maximum Gasteiger partial charge on any atom is 0.339 e. The van der Waals surface area contributed by atoms with E-state index in [1.165, 1.54) is 19.1 Å². The maximum atomic E-state index is 12.2. The second-order valence-corrected chi connectivity index (χ2v) is 8.32. The fourth-order valence-electron chi connectivity index (χ4n) is 2.37. The van der Waals surface area contributed by atoms with Crippen molar-refractivity contribution in [3.8, 4) is 5.75 Å². The van der Waals surface area contributed by atoms with E-state index in [1.807, 2.05) is 20.8 Å². The summed E-state index contributed by atoms with van der Waals surface area (Å²) in [5.74, 6) is -0.171. The van der Waals surface area contributed by atoms with Crippen molar-refractivity contribution in [3.63, 3.8) is 0 Å². The molecule has 0 radical (unpaired) electrons. The van der Waals surface area contributed by atoms with Crippen molar-refractivity contribution < 1.29 is 22.1 Å². The molecule has 134 valence electrons. The average Bonchev–Trinajstić information content (AvgIpc) is 2.53. The smallest absolute Gasteiger partial charge is 0.339 e. The van der Waals surface area contributed by atoms with Crippen molar-refractivity contribution in [1.82, 2.24) is 0 Å². The molecule has 2 rings (SSSR count). The predicted octanol–water partition coefficient (Wildman–Crippen LogP) is 4.10. The number of hydrogen-bond donors (Lipinski definition) is 0. The highest BCUT2D eigenvalue weighted by Crippen LogP contribution is 2.36. The molecule has 0 aromatic heterocycles. The topological polar surface area (TPSA) is 69.7 Å². The molecule has 5 nitrogen and oxygen atoms in total. The van der Waals surface area contributed by atoms with Crippen molar-refractivity contribution >= 4 is 16.1 Å². The van der Waals surface area contributed by atoms with E-state index >= 15 is 0 Å². The van der Waals surface area contributed by atoms with E-state index in [4.69, 9.17) is 8.92 Å². The second-order valence-electron chi connectivity index (χ2n) is 6.78. The molecular weight excluding hydrogens is 340 g/mol. The van der Waals surface area contributed by atoms with Crippen LogP contribution < -0.4 is 4.18 Å². The highest BCUT2D eigenvalue weighted by atomic mass is 32.2. The van der Waals surface area contributed by atoms with Gasteiger partial charge >= 0.3 is 16.1 Å². The van der Waals surface area contributed by atoms with Gasteiger partial charge in [0.1, 0.15) is 16.7 Å². The summed E-state index contributed by atoms with van der Waals surface area (Å²) in [5, 5.41) is 0. The number of rotatable bonds is 5. The maximum absolute atomic E-state index is 12.2. The van der Waals surface area contributed by atoms with Crippen molar-refractivity contribution in [3.05, 3.63) is 60.2 Å². The van der Waals surface area contributed by atoms with E-state index in [9.17, 15) is 13.2 Å². The first-order chi connectivity index (χ1) is 11.6. The van der Waals surface area contributed by atoms with Crippen LogP contribution in [0, 0.1) is 5.41 Å². The minimum Gasteiger partial charge on any atom is -0.457 e. The molecule has 0 heterocycles. The van der Waals surface area contributed by atoms with Gasteiger partial charge < -0.3 is 8.92 Å². The fraction of sp³-hybridized carbons (Fsp3) is 0.316. The Kier molecular flexibility index (Phi) is 5.52. The number of esters is 1. The van der Waals surface area contributed by atoms with Crippen LogP contribution in [0.25, 0.3) is 0 Å². The monoisotopic (exact) mass is 362 g/mol. The van der Waals surface area contributed by atoms with Crippen molar-refractivity contribution in [2.24, 2.45) is 5.41 Å². The molecule has 2 aromatic carbocycles. The number of carbonyl (C=O) groups excluding carboxylic acids is 1. The van der Waals surface area contributed by atoms with Gasteiger partial charge in [0.05, 0.1) is 0 Å². The Balaban J connectivity index is 2.23. The molecule has 6 heteroatoms. The standard InChI is InChI=1S/C19H22O5S/c1-14(20)23-18(19(2,3)4)15-10-12-16(13-11-15)24-25(21,22)17-8-6-5-7-9-17/h5-13,18H,1-4H3. The van der Waals surface area contributed by atoms with E-state index in [2.05, 4.69) is 0 Å². The van der Waals surface area contributed by atoms with Crippen LogP contribution in [0.5, 0.6) is 5.75 Å².